The van der Waals surface area contributed by atoms with Crippen molar-refractivity contribution in [2.45, 2.75) is 39.3 Å². The molecule has 8 nitrogen and oxygen atoms in total. The molecule has 1 aromatic heterocycles. The maximum absolute atomic E-state index is 11.9. The molecule has 0 fully saturated rings. The Bertz CT molecular complexity index is 726. The highest BCUT2D eigenvalue weighted by Gasteiger charge is 2.38. The molecule has 12 heteroatoms. The van der Waals surface area contributed by atoms with Crippen LogP contribution in [0.4, 0.5) is 13.2 Å². The fourth-order valence-corrected chi connectivity index (χ4v) is 2.80. The third-order valence-electron chi connectivity index (χ3n) is 3.41. The summed E-state index contributed by atoms with van der Waals surface area (Å²) >= 11 is 1.66. The number of amides is 2. The monoisotopic (exact) mass is 408 g/mol. The van der Waals surface area contributed by atoms with Gasteiger partial charge in [-0.15, -0.1) is 11.3 Å². The number of halogens is 3. The highest BCUT2D eigenvalue weighted by atomic mass is 32.1. The molecule has 0 saturated carbocycles. The molecule has 2 amide bonds. The molecule has 0 radical (unpaired) electrons. The molecule has 0 bridgehead atoms. The van der Waals surface area contributed by atoms with Gasteiger partial charge in [-0.2, -0.15) is 18.3 Å². The summed E-state index contributed by atoms with van der Waals surface area (Å²) in [6.45, 7) is 4.55. The second-order valence-corrected chi connectivity index (χ2v) is 6.81. The van der Waals surface area contributed by atoms with Crippen LogP contribution in [-0.2, 0) is 20.8 Å². The lowest BCUT2D eigenvalue weighted by Gasteiger charge is -2.18. The average molecular weight is 408 g/mol. The first-order chi connectivity index (χ1) is 12.4. The van der Waals surface area contributed by atoms with Crippen LogP contribution in [0.15, 0.2) is 5.10 Å². The number of rotatable bonds is 4. The lowest BCUT2D eigenvalue weighted by Crippen LogP contribution is -2.38. The minimum atomic E-state index is -5.08. The lowest BCUT2D eigenvalue weighted by atomic mass is 10.1. The maximum atomic E-state index is 11.9. The second-order valence-electron chi connectivity index (χ2n) is 5.52. The van der Waals surface area contributed by atoms with Gasteiger partial charge < -0.3 is 10.4 Å². The molecule has 0 atom stereocenters. The predicted octanol–water partition coefficient (Wildman–Crippen LogP) is 1.66. The van der Waals surface area contributed by atoms with E-state index < -0.39 is 12.1 Å². The number of aryl methyl sites for hydroxylation is 2. The number of aliphatic carboxylic acids is 1. The van der Waals surface area contributed by atoms with Crippen LogP contribution < -0.4 is 5.32 Å². The number of carbonyl (C=O) groups is 3. The highest BCUT2D eigenvalue weighted by Crippen LogP contribution is 2.16. The van der Waals surface area contributed by atoms with Crippen molar-refractivity contribution < 1.29 is 32.7 Å². The lowest BCUT2D eigenvalue weighted by molar-refractivity contribution is -0.192. The molecule has 0 saturated heterocycles. The smallest absolute Gasteiger partial charge is 0.475 e. The van der Waals surface area contributed by atoms with Crippen LogP contribution in [0.5, 0.6) is 0 Å². The summed E-state index contributed by atoms with van der Waals surface area (Å²) in [5, 5.41) is 16.2. The SMILES string of the molecule is Cc1nc(CCNC(=O)C2=NN(C)C(=O)CC2)sc1C.O=C(O)C(F)(F)F. The Morgan fingerprint density at radius 2 is 1.89 bits per heavy atom. The fourth-order valence-electron chi connectivity index (χ4n) is 1.86. The molecule has 2 rings (SSSR count). The molecule has 1 aromatic rings. The van der Waals surface area contributed by atoms with E-state index in [0.717, 1.165) is 10.7 Å². The van der Waals surface area contributed by atoms with Gasteiger partial charge in [0, 0.05) is 37.7 Å². The van der Waals surface area contributed by atoms with Gasteiger partial charge in [-0.3, -0.25) is 9.59 Å². The number of nitrogens with zero attached hydrogens (tertiary/aromatic N) is 3. The van der Waals surface area contributed by atoms with E-state index in [1.807, 2.05) is 13.8 Å². The molecule has 2 heterocycles. The molecule has 150 valence electrons. The van der Waals surface area contributed by atoms with Crippen LogP contribution >= 0.6 is 11.3 Å². The van der Waals surface area contributed by atoms with Gasteiger partial charge in [0.15, 0.2) is 0 Å². The van der Waals surface area contributed by atoms with E-state index in [2.05, 4.69) is 15.4 Å². The summed E-state index contributed by atoms with van der Waals surface area (Å²) < 4.78 is 31.7. The zero-order valence-electron chi connectivity index (χ0n) is 14.9. The van der Waals surface area contributed by atoms with Gasteiger partial charge in [0.1, 0.15) is 5.71 Å². The Labute approximate surface area is 157 Å². The van der Waals surface area contributed by atoms with Crippen molar-refractivity contribution in [3.05, 3.63) is 15.6 Å². The number of carboxylic acid groups (broad SMARTS) is 1. The first-order valence-electron chi connectivity index (χ1n) is 7.77. The van der Waals surface area contributed by atoms with Crippen LogP contribution in [0.1, 0.15) is 28.4 Å². The van der Waals surface area contributed by atoms with Crippen molar-refractivity contribution >= 4 is 34.8 Å². The molecule has 1 aliphatic heterocycles. The van der Waals surface area contributed by atoms with E-state index in [1.54, 1.807) is 18.4 Å². The molecular formula is C15H19F3N4O4S. The summed E-state index contributed by atoms with van der Waals surface area (Å²) in [4.78, 5) is 37.7. The van der Waals surface area contributed by atoms with Gasteiger partial charge in [0.05, 0.1) is 10.7 Å². The highest BCUT2D eigenvalue weighted by molar-refractivity contribution is 7.11. The normalized spacial score (nSPS) is 14.2. The molecule has 0 unspecified atom stereocenters. The van der Waals surface area contributed by atoms with Crippen LogP contribution in [-0.4, -0.2) is 58.4 Å². The Morgan fingerprint density at radius 3 is 2.33 bits per heavy atom. The summed E-state index contributed by atoms with van der Waals surface area (Å²) in [6, 6.07) is 0. The van der Waals surface area contributed by atoms with Crippen LogP contribution in [0.2, 0.25) is 0 Å². The van der Waals surface area contributed by atoms with Crippen molar-refractivity contribution in [1.29, 1.82) is 0 Å². The first-order valence-corrected chi connectivity index (χ1v) is 8.58. The second kappa shape index (κ2) is 9.44. The molecule has 27 heavy (non-hydrogen) atoms. The van der Waals surface area contributed by atoms with Gasteiger partial charge in [-0.05, 0) is 13.8 Å². The predicted molar refractivity (Wildman–Crippen MR) is 91.4 cm³/mol. The number of hydrogen-bond acceptors (Lipinski definition) is 6. The number of carboxylic acids is 1. The number of aromatic nitrogens is 1. The van der Waals surface area contributed by atoms with E-state index in [4.69, 9.17) is 9.90 Å². The van der Waals surface area contributed by atoms with Crippen molar-refractivity contribution in [3.8, 4) is 0 Å². The third kappa shape index (κ3) is 7.33. The molecule has 0 aliphatic carbocycles. The Balaban J connectivity index is 0.000000445. The van der Waals surface area contributed by atoms with Crippen molar-refractivity contribution in [2.75, 3.05) is 13.6 Å². The number of alkyl halides is 3. The topological polar surface area (TPSA) is 112 Å². The molecular weight excluding hydrogens is 389 g/mol. The summed E-state index contributed by atoms with van der Waals surface area (Å²) in [5.41, 5.74) is 1.46. The molecule has 0 aromatic carbocycles. The average Bonchev–Trinajstić information content (AvgIpc) is 2.87. The fraction of sp³-hybridized carbons (Fsp3) is 0.533. The third-order valence-corrected chi connectivity index (χ3v) is 4.54. The molecule has 0 spiro atoms. The van der Waals surface area contributed by atoms with E-state index in [0.29, 0.717) is 31.5 Å². The number of hydrogen-bond donors (Lipinski definition) is 2. The van der Waals surface area contributed by atoms with Crippen molar-refractivity contribution in [3.63, 3.8) is 0 Å². The van der Waals surface area contributed by atoms with Gasteiger partial charge in [-0.25, -0.2) is 14.8 Å². The van der Waals surface area contributed by atoms with Gasteiger partial charge >= 0.3 is 12.1 Å². The first kappa shape index (κ1) is 22.5. The summed E-state index contributed by atoms with van der Waals surface area (Å²) in [7, 11) is 1.57. The van der Waals surface area contributed by atoms with E-state index in [1.165, 1.54) is 9.89 Å². The number of thiazole rings is 1. The van der Waals surface area contributed by atoms with Gasteiger partial charge in [-0.1, -0.05) is 0 Å². The molecule has 2 N–H and O–H groups in total. The minimum absolute atomic E-state index is 0.0599. The van der Waals surface area contributed by atoms with Crippen molar-refractivity contribution in [2.24, 2.45) is 5.10 Å². The van der Waals surface area contributed by atoms with Gasteiger partial charge in [0.25, 0.3) is 5.91 Å². The number of hydrazone groups is 1. The van der Waals surface area contributed by atoms with Gasteiger partial charge in [0.2, 0.25) is 5.91 Å². The quantitative estimate of drug-likeness (QED) is 0.787. The minimum Gasteiger partial charge on any atom is -0.475 e. The summed E-state index contributed by atoms with van der Waals surface area (Å²) in [6.07, 6.45) is -3.62. The van der Waals surface area contributed by atoms with Crippen LogP contribution in [0, 0.1) is 13.8 Å². The summed E-state index contributed by atoms with van der Waals surface area (Å²) in [5.74, 6) is -3.02. The van der Waals surface area contributed by atoms with Crippen molar-refractivity contribution in [1.82, 2.24) is 15.3 Å². The zero-order chi connectivity index (χ0) is 20.8. The molecule has 1 aliphatic rings. The zero-order valence-corrected chi connectivity index (χ0v) is 15.7. The Kier molecular flexibility index (Phi) is 7.88. The maximum Gasteiger partial charge on any atom is 0.490 e. The van der Waals surface area contributed by atoms with E-state index >= 15 is 0 Å². The Hall–Kier alpha value is -2.50. The number of carbonyl (C=O) groups excluding carboxylic acids is 2. The Morgan fingerprint density at radius 1 is 1.30 bits per heavy atom. The van der Waals surface area contributed by atoms with Crippen LogP contribution in [0.25, 0.3) is 0 Å². The van der Waals surface area contributed by atoms with Crippen LogP contribution in [0.3, 0.4) is 0 Å². The largest absolute Gasteiger partial charge is 0.490 e. The van der Waals surface area contributed by atoms with E-state index in [-0.39, 0.29) is 11.8 Å². The van der Waals surface area contributed by atoms with E-state index in [9.17, 15) is 22.8 Å². The number of nitrogens with one attached hydrogen (secondary N) is 1. The standard InChI is InChI=1S/C13H18N4O2S.C2HF3O2/c1-8-9(2)20-11(15-8)6-7-14-13(19)10-4-5-12(18)17(3)16-10;3-2(4,5)1(6)7/h4-7H2,1-3H3,(H,14,19);(H,6,7).